The molecule has 4 rings (SSSR count). The largest absolute Gasteiger partial charge is 0.447 e. The molecular weight excluding hydrogens is 416 g/mol. The zero-order valence-corrected chi connectivity index (χ0v) is 17.8. The van der Waals surface area contributed by atoms with Crippen molar-refractivity contribution >= 4 is 12.0 Å². The maximum absolute atomic E-state index is 14.2. The molecule has 2 aliphatic rings. The van der Waals surface area contributed by atoms with E-state index in [0.717, 1.165) is 16.0 Å². The van der Waals surface area contributed by atoms with Gasteiger partial charge in [0.1, 0.15) is 6.61 Å². The number of benzene rings is 2. The molecule has 2 aromatic carbocycles. The highest BCUT2D eigenvalue weighted by atomic mass is 19.3. The Bertz CT molecular complexity index is 922. The second kappa shape index (κ2) is 9.77. The molecule has 2 fully saturated rings. The molecule has 32 heavy (non-hydrogen) atoms. The summed E-state index contributed by atoms with van der Waals surface area (Å²) in [6, 6.07) is 18.5. The summed E-state index contributed by atoms with van der Waals surface area (Å²) in [5, 5.41) is 0. The summed E-state index contributed by atoms with van der Waals surface area (Å²) in [5.74, 6) is -4.64. The predicted octanol–water partition coefficient (Wildman–Crippen LogP) is 4.84. The van der Waals surface area contributed by atoms with Crippen molar-refractivity contribution in [3.8, 4) is 0 Å². The molecule has 1 saturated heterocycles. The van der Waals surface area contributed by atoms with E-state index in [1.807, 2.05) is 60.7 Å². The first-order valence-electron chi connectivity index (χ1n) is 11.0. The molecule has 5 nitrogen and oxygen atoms in total. The fourth-order valence-corrected chi connectivity index (χ4v) is 4.58. The average molecular weight is 443 g/mol. The molecular formula is C25H27F2NO4. The van der Waals surface area contributed by atoms with E-state index in [1.54, 1.807) is 0 Å². The van der Waals surface area contributed by atoms with Gasteiger partial charge in [0.15, 0.2) is 0 Å². The lowest BCUT2D eigenvalue weighted by Gasteiger charge is -2.37. The van der Waals surface area contributed by atoms with Crippen LogP contribution in [0, 0.1) is 11.8 Å². The van der Waals surface area contributed by atoms with Gasteiger partial charge in [-0.25, -0.2) is 18.5 Å². The Morgan fingerprint density at radius 1 is 1.06 bits per heavy atom. The summed E-state index contributed by atoms with van der Waals surface area (Å²) in [6.07, 6.45) is -1.00. The lowest BCUT2D eigenvalue weighted by atomic mass is 9.76. The maximum atomic E-state index is 14.2. The first kappa shape index (κ1) is 22.4. The lowest BCUT2D eigenvalue weighted by molar-refractivity contribution is -0.145. The lowest BCUT2D eigenvalue weighted by Crippen LogP contribution is -2.48. The van der Waals surface area contributed by atoms with E-state index >= 15 is 0 Å². The number of amides is 2. The van der Waals surface area contributed by atoms with Gasteiger partial charge in [-0.2, -0.15) is 0 Å². The van der Waals surface area contributed by atoms with Crippen LogP contribution in [-0.4, -0.2) is 42.1 Å². The Hall–Kier alpha value is -2.80. The van der Waals surface area contributed by atoms with Gasteiger partial charge in [0.05, 0.1) is 19.3 Å². The van der Waals surface area contributed by atoms with Gasteiger partial charge in [-0.05, 0) is 29.9 Å². The van der Waals surface area contributed by atoms with Crippen molar-refractivity contribution in [3.63, 3.8) is 0 Å². The molecule has 0 unspecified atom stereocenters. The van der Waals surface area contributed by atoms with E-state index in [1.165, 1.54) is 0 Å². The minimum absolute atomic E-state index is 0.0209. The van der Waals surface area contributed by atoms with Gasteiger partial charge in [0, 0.05) is 18.8 Å². The molecule has 0 spiro atoms. The van der Waals surface area contributed by atoms with Gasteiger partial charge < -0.3 is 9.47 Å². The molecule has 0 bridgehead atoms. The Morgan fingerprint density at radius 2 is 1.72 bits per heavy atom. The predicted molar refractivity (Wildman–Crippen MR) is 114 cm³/mol. The van der Waals surface area contributed by atoms with E-state index in [0.29, 0.717) is 6.42 Å². The number of carbonyl (C=O) groups is 2. The Morgan fingerprint density at radius 3 is 2.41 bits per heavy atom. The van der Waals surface area contributed by atoms with Crippen molar-refractivity contribution in [1.82, 2.24) is 4.90 Å². The van der Waals surface area contributed by atoms with Crippen molar-refractivity contribution in [3.05, 3.63) is 71.8 Å². The number of halogens is 2. The average Bonchev–Trinajstić information content (AvgIpc) is 3.14. The maximum Gasteiger partial charge on any atom is 0.416 e. The molecule has 1 saturated carbocycles. The highest BCUT2D eigenvalue weighted by Gasteiger charge is 2.48. The second-order valence-electron chi connectivity index (χ2n) is 8.59. The summed E-state index contributed by atoms with van der Waals surface area (Å²) in [4.78, 5) is 26.9. The summed E-state index contributed by atoms with van der Waals surface area (Å²) < 4.78 is 39.3. The molecule has 3 atom stereocenters. The number of ether oxygens (including phenoxy) is 2. The van der Waals surface area contributed by atoms with Crippen LogP contribution in [0.5, 0.6) is 0 Å². The van der Waals surface area contributed by atoms with Crippen LogP contribution >= 0.6 is 0 Å². The number of nitrogens with zero attached hydrogens (tertiary/aromatic N) is 1. The third kappa shape index (κ3) is 5.33. The first-order valence-corrected chi connectivity index (χ1v) is 11.0. The molecule has 1 heterocycles. The Kier molecular flexibility index (Phi) is 6.84. The van der Waals surface area contributed by atoms with Crippen molar-refractivity contribution in [2.75, 3.05) is 13.2 Å². The molecule has 170 valence electrons. The van der Waals surface area contributed by atoms with Crippen LogP contribution in [0.4, 0.5) is 13.6 Å². The zero-order valence-electron chi connectivity index (χ0n) is 17.8. The first-order chi connectivity index (χ1) is 15.4. The molecule has 0 radical (unpaired) electrons. The van der Waals surface area contributed by atoms with Crippen molar-refractivity contribution in [2.24, 2.45) is 11.8 Å². The molecule has 1 aliphatic heterocycles. The normalized spacial score (nSPS) is 24.9. The molecule has 2 aromatic rings. The van der Waals surface area contributed by atoms with Crippen molar-refractivity contribution in [1.29, 1.82) is 0 Å². The van der Waals surface area contributed by atoms with Crippen molar-refractivity contribution < 1.29 is 27.8 Å². The summed E-state index contributed by atoms with van der Waals surface area (Å²) in [7, 11) is 0. The van der Waals surface area contributed by atoms with E-state index in [9.17, 15) is 18.4 Å². The zero-order chi connectivity index (χ0) is 22.6. The fraction of sp³-hybridized carbons (Fsp3) is 0.440. The number of carbonyl (C=O) groups excluding carboxylic acids is 2. The highest BCUT2D eigenvalue weighted by molar-refractivity contribution is 5.95. The molecule has 0 aromatic heterocycles. The van der Waals surface area contributed by atoms with Gasteiger partial charge >= 0.3 is 6.09 Å². The third-order valence-electron chi connectivity index (χ3n) is 6.22. The summed E-state index contributed by atoms with van der Waals surface area (Å²) in [5.41, 5.74) is 1.91. The van der Waals surface area contributed by atoms with Gasteiger partial charge in [0.2, 0.25) is 11.8 Å². The molecule has 0 N–H and O–H groups in total. The second-order valence-corrected chi connectivity index (χ2v) is 8.59. The molecule has 7 heteroatoms. The Labute approximate surface area is 186 Å². The Balaban J connectivity index is 1.45. The van der Waals surface area contributed by atoms with E-state index in [4.69, 9.17) is 9.47 Å². The monoisotopic (exact) mass is 443 g/mol. The van der Waals surface area contributed by atoms with Crippen LogP contribution in [0.2, 0.25) is 0 Å². The van der Waals surface area contributed by atoms with Crippen LogP contribution in [0.1, 0.15) is 30.4 Å². The number of imide groups is 1. The minimum atomic E-state index is -2.84. The van der Waals surface area contributed by atoms with Gasteiger partial charge in [-0.1, -0.05) is 60.7 Å². The summed E-state index contributed by atoms with van der Waals surface area (Å²) in [6.45, 7) is 0.427. The quantitative estimate of drug-likeness (QED) is 0.614. The molecule has 1 aliphatic carbocycles. The fourth-order valence-electron chi connectivity index (χ4n) is 4.58. The van der Waals surface area contributed by atoms with Crippen molar-refractivity contribution in [2.45, 2.75) is 44.3 Å². The standard InChI is InChI=1S/C25H27F2NO4/c26-25(27)12-11-22(20(14-25)16-31-15-19-9-5-2-6-10-19)23(29)28-21(17-32-24(28)30)13-18-7-3-1-4-8-18/h1-10,20-22H,11-17H2/t20-,21+,22+/m0/s1. The smallest absolute Gasteiger partial charge is 0.416 e. The number of hydrogen-bond acceptors (Lipinski definition) is 4. The third-order valence-corrected chi connectivity index (χ3v) is 6.22. The minimum Gasteiger partial charge on any atom is -0.447 e. The number of rotatable bonds is 7. The van der Waals surface area contributed by atoms with E-state index in [-0.39, 0.29) is 32.7 Å². The number of hydrogen-bond donors (Lipinski definition) is 0. The van der Waals surface area contributed by atoms with E-state index < -0.39 is 42.2 Å². The summed E-state index contributed by atoms with van der Waals surface area (Å²) >= 11 is 0. The van der Waals surface area contributed by atoms with Gasteiger partial charge in [-0.15, -0.1) is 0 Å². The number of alkyl halides is 2. The van der Waals surface area contributed by atoms with Crippen LogP contribution in [0.25, 0.3) is 0 Å². The van der Waals surface area contributed by atoms with Crippen LogP contribution < -0.4 is 0 Å². The van der Waals surface area contributed by atoms with Crippen LogP contribution in [0.15, 0.2) is 60.7 Å². The van der Waals surface area contributed by atoms with Crippen LogP contribution in [0.3, 0.4) is 0 Å². The SMILES string of the molecule is O=C1OC[C@@H](Cc2ccccc2)N1C(=O)[C@@H]1CCC(F)(F)C[C@H]1COCc1ccccc1. The van der Waals surface area contributed by atoms with E-state index in [2.05, 4.69) is 0 Å². The van der Waals surface area contributed by atoms with Gasteiger partial charge in [-0.3, -0.25) is 4.79 Å². The number of cyclic esters (lactones) is 1. The van der Waals surface area contributed by atoms with Crippen LogP contribution in [-0.2, 0) is 27.3 Å². The molecule has 2 amide bonds. The highest BCUT2D eigenvalue weighted by Crippen LogP contribution is 2.42. The topological polar surface area (TPSA) is 55.8 Å². The van der Waals surface area contributed by atoms with Gasteiger partial charge in [0.25, 0.3) is 0 Å².